The summed E-state index contributed by atoms with van der Waals surface area (Å²) in [5.41, 5.74) is 1.31. The fourth-order valence-electron chi connectivity index (χ4n) is 4.98. The number of ether oxygens (including phenoxy) is 1. The number of carbonyl (C=O) groups is 3. The van der Waals surface area contributed by atoms with Crippen molar-refractivity contribution >= 4 is 50.9 Å². The number of amides is 3. The van der Waals surface area contributed by atoms with Crippen LogP contribution in [0.5, 0.6) is 0 Å². The topological polar surface area (TPSA) is 134 Å². The van der Waals surface area contributed by atoms with Gasteiger partial charge in [-0.3, -0.25) is 14.3 Å². The van der Waals surface area contributed by atoms with Crippen molar-refractivity contribution in [3.8, 4) is 0 Å². The Labute approximate surface area is 236 Å². The molecule has 2 heterocycles. The second-order valence-electron chi connectivity index (χ2n) is 9.79. The number of benzene rings is 3. The molecule has 2 aliphatic heterocycles. The van der Waals surface area contributed by atoms with Gasteiger partial charge in [-0.2, -0.15) is 0 Å². The van der Waals surface area contributed by atoms with E-state index in [1.54, 1.807) is 18.2 Å². The van der Waals surface area contributed by atoms with Crippen LogP contribution < -0.4 is 20.3 Å². The summed E-state index contributed by atoms with van der Waals surface area (Å²) in [4.78, 5) is 41.6. The summed E-state index contributed by atoms with van der Waals surface area (Å²) in [7, 11) is -3.49. The third kappa shape index (κ3) is 5.81. The molecule has 40 heavy (non-hydrogen) atoms. The number of imide groups is 1. The summed E-state index contributed by atoms with van der Waals surface area (Å²) >= 11 is 6.30. The van der Waals surface area contributed by atoms with Crippen LogP contribution in [0.4, 0.5) is 16.2 Å². The van der Waals surface area contributed by atoms with Crippen LogP contribution in [0.25, 0.3) is 0 Å². The molecule has 1 spiro atoms. The van der Waals surface area contributed by atoms with E-state index < -0.39 is 39.6 Å². The molecule has 0 aliphatic carbocycles. The van der Waals surface area contributed by atoms with Crippen molar-refractivity contribution in [2.45, 2.75) is 24.5 Å². The van der Waals surface area contributed by atoms with Crippen molar-refractivity contribution in [2.24, 2.45) is 0 Å². The number of sulfonamides is 1. The van der Waals surface area contributed by atoms with Gasteiger partial charge in [0, 0.05) is 41.2 Å². The molecule has 208 valence electrons. The maximum atomic E-state index is 14.0. The molecule has 3 amide bonds. The first-order valence-electron chi connectivity index (χ1n) is 12.5. The molecule has 3 N–H and O–H groups in total. The lowest BCUT2D eigenvalue weighted by Crippen LogP contribution is -2.56. The highest BCUT2D eigenvalue weighted by Gasteiger charge is 2.49. The van der Waals surface area contributed by atoms with Crippen LogP contribution in [0.3, 0.4) is 0 Å². The van der Waals surface area contributed by atoms with Gasteiger partial charge in [0.2, 0.25) is 10.0 Å². The monoisotopic (exact) mass is 582 g/mol. The molecule has 3 aromatic carbocycles. The maximum Gasteiger partial charge on any atom is 0.422 e. The third-order valence-corrected chi connectivity index (χ3v) is 7.67. The molecule has 0 bridgehead atoms. The molecule has 2 atom stereocenters. The minimum absolute atomic E-state index is 0.110. The Morgan fingerprint density at radius 2 is 1.82 bits per heavy atom. The minimum atomic E-state index is -3.49. The van der Waals surface area contributed by atoms with Crippen molar-refractivity contribution in [3.63, 3.8) is 0 Å². The van der Waals surface area contributed by atoms with Crippen molar-refractivity contribution < 1.29 is 27.5 Å². The number of nitrogens with zero attached hydrogens (tertiary/aromatic N) is 1. The van der Waals surface area contributed by atoms with Crippen LogP contribution >= 0.6 is 11.6 Å². The van der Waals surface area contributed by atoms with Crippen LogP contribution in [0.2, 0.25) is 5.02 Å². The standard InChI is InChI=1S/C28H27ClN4O6S/c1-40(37,38)32-21-10-7-19(8-11-21)25(34)31-23(15-18-5-3-2-4-6-18)26(35)33-24-12-9-20(29)16-22(24)28(39-27(33)36)13-14-30-17-28/h2-12,16,23,30,32H,13-15,17H2,1H3,(H,31,34)/t23-,28?/m0/s1. The van der Waals surface area contributed by atoms with E-state index in [0.717, 1.165) is 16.7 Å². The summed E-state index contributed by atoms with van der Waals surface area (Å²) in [6.07, 6.45) is 0.837. The van der Waals surface area contributed by atoms with E-state index in [4.69, 9.17) is 16.3 Å². The molecule has 2 aliphatic rings. The molecule has 1 saturated heterocycles. The maximum absolute atomic E-state index is 14.0. The summed E-state index contributed by atoms with van der Waals surface area (Å²) in [6, 6.07) is 18.7. The Hall–Kier alpha value is -3.93. The molecular formula is C28H27ClN4O6S. The van der Waals surface area contributed by atoms with E-state index in [2.05, 4.69) is 15.4 Å². The van der Waals surface area contributed by atoms with Gasteiger partial charge in [0.25, 0.3) is 11.8 Å². The van der Waals surface area contributed by atoms with Gasteiger partial charge in [0.05, 0.1) is 11.9 Å². The molecule has 0 radical (unpaired) electrons. The Morgan fingerprint density at radius 3 is 2.48 bits per heavy atom. The number of carbonyl (C=O) groups excluding carboxylic acids is 3. The quantitative estimate of drug-likeness (QED) is 0.389. The van der Waals surface area contributed by atoms with E-state index in [1.807, 2.05) is 30.3 Å². The van der Waals surface area contributed by atoms with Crippen LogP contribution in [0.15, 0.2) is 72.8 Å². The SMILES string of the molecule is CS(=O)(=O)Nc1ccc(C(=O)N[C@@H](Cc2ccccc2)C(=O)N2C(=O)OC3(CCNC3)c3cc(Cl)ccc32)cc1. The minimum Gasteiger partial charge on any atom is -0.436 e. The number of anilines is 2. The zero-order valence-corrected chi connectivity index (χ0v) is 23.1. The van der Waals surface area contributed by atoms with E-state index >= 15 is 0 Å². The van der Waals surface area contributed by atoms with E-state index in [9.17, 15) is 22.8 Å². The predicted octanol–water partition coefficient (Wildman–Crippen LogP) is 3.42. The lowest BCUT2D eigenvalue weighted by Gasteiger charge is -2.40. The predicted molar refractivity (Wildman–Crippen MR) is 151 cm³/mol. The fraction of sp³-hybridized carbons (Fsp3) is 0.250. The molecule has 1 unspecified atom stereocenters. The molecule has 0 saturated carbocycles. The van der Waals surface area contributed by atoms with Crippen molar-refractivity contribution in [1.82, 2.24) is 10.6 Å². The molecule has 10 nitrogen and oxygen atoms in total. The Balaban J connectivity index is 1.46. The van der Waals surface area contributed by atoms with Crippen molar-refractivity contribution in [3.05, 3.63) is 94.5 Å². The summed E-state index contributed by atoms with van der Waals surface area (Å²) in [6.45, 7) is 1.03. The van der Waals surface area contributed by atoms with Gasteiger partial charge in [-0.1, -0.05) is 41.9 Å². The zero-order chi connectivity index (χ0) is 28.5. The van der Waals surface area contributed by atoms with Gasteiger partial charge in [-0.05, 0) is 54.6 Å². The van der Waals surface area contributed by atoms with Gasteiger partial charge >= 0.3 is 6.09 Å². The molecule has 5 rings (SSSR count). The molecular weight excluding hydrogens is 556 g/mol. The highest BCUT2D eigenvalue weighted by Crippen LogP contribution is 2.44. The van der Waals surface area contributed by atoms with Crippen LogP contribution in [-0.4, -0.2) is 51.7 Å². The Kier molecular flexibility index (Phi) is 7.54. The first kappa shape index (κ1) is 27.6. The number of rotatable bonds is 7. The van der Waals surface area contributed by atoms with Gasteiger partial charge in [0.15, 0.2) is 5.60 Å². The van der Waals surface area contributed by atoms with Gasteiger partial charge in [-0.15, -0.1) is 0 Å². The lowest BCUT2D eigenvalue weighted by molar-refractivity contribution is -0.120. The number of fused-ring (bicyclic) bond motifs is 2. The van der Waals surface area contributed by atoms with E-state index in [0.29, 0.717) is 35.8 Å². The summed E-state index contributed by atoms with van der Waals surface area (Å²) in [5, 5.41) is 6.40. The smallest absolute Gasteiger partial charge is 0.422 e. The number of halogens is 1. The van der Waals surface area contributed by atoms with Crippen molar-refractivity contribution in [2.75, 3.05) is 29.0 Å². The van der Waals surface area contributed by atoms with E-state index in [1.165, 1.54) is 24.3 Å². The molecule has 3 aromatic rings. The van der Waals surface area contributed by atoms with Gasteiger partial charge in [0.1, 0.15) is 6.04 Å². The van der Waals surface area contributed by atoms with Gasteiger partial charge in [-0.25, -0.2) is 18.1 Å². The van der Waals surface area contributed by atoms with E-state index in [-0.39, 0.29) is 17.7 Å². The average Bonchev–Trinajstić information content (AvgIpc) is 3.37. The Morgan fingerprint density at radius 1 is 1.10 bits per heavy atom. The second kappa shape index (κ2) is 10.9. The number of hydrogen-bond donors (Lipinski definition) is 3. The highest BCUT2D eigenvalue weighted by molar-refractivity contribution is 7.92. The van der Waals surface area contributed by atoms with Crippen LogP contribution in [0, 0.1) is 0 Å². The van der Waals surface area contributed by atoms with Crippen LogP contribution in [0.1, 0.15) is 27.9 Å². The average molecular weight is 583 g/mol. The second-order valence-corrected chi connectivity index (χ2v) is 12.0. The Bertz CT molecular complexity index is 1560. The molecule has 0 aromatic heterocycles. The largest absolute Gasteiger partial charge is 0.436 e. The van der Waals surface area contributed by atoms with Gasteiger partial charge < -0.3 is 15.4 Å². The summed E-state index contributed by atoms with van der Waals surface area (Å²) < 4.78 is 31.2. The van der Waals surface area contributed by atoms with Crippen LogP contribution in [-0.2, 0) is 31.6 Å². The third-order valence-electron chi connectivity index (χ3n) is 6.83. The fourth-order valence-corrected chi connectivity index (χ4v) is 5.72. The molecule has 1 fully saturated rings. The number of nitrogens with one attached hydrogen (secondary N) is 3. The van der Waals surface area contributed by atoms with Crippen molar-refractivity contribution in [1.29, 1.82) is 0 Å². The summed E-state index contributed by atoms with van der Waals surface area (Å²) in [5.74, 6) is -1.24. The zero-order valence-electron chi connectivity index (χ0n) is 21.5. The highest BCUT2D eigenvalue weighted by atomic mass is 35.5. The lowest BCUT2D eigenvalue weighted by atomic mass is 9.89. The molecule has 12 heteroatoms. The first-order valence-corrected chi connectivity index (χ1v) is 14.8. The first-order chi connectivity index (χ1) is 19.0. The number of hydrogen-bond acceptors (Lipinski definition) is 7. The normalized spacial score (nSPS) is 19.1.